The standard InChI is InChI=1S/C10H17N/c1-9(2,3)10(4)6-5-7-11-8-10/h5-7H,8H2,1-4H3. The van der Waals surface area contributed by atoms with Gasteiger partial charge in [0.1, 0.15) is 0 Å². The number of hydrogen-bond donors (Lipinski definition) is 0. The van der Waals surface area contributed by atoms with E-state index in [4.69, 9.17) is 0 Å². The second-order valence-electron chi connectivity index (χ2n) is 4.52. The molecule has 0 spiro atoms. The summed E-state index contributed by atoms with van der Waals surface area (Å²) in [5, 5.41) is 0. The lowest BCUT2D eigenvalue weighted by Gasteiger charge is -2.39. The maximum Gasteiger partial charge on any atom is 0.0482 e. The van der Waals surface area contributed by atoms with Crippen LogP contribution in [0.25, 0.3) is 0 Å². The fourth-order valence-corrected chi connectivity index (χ4v) is 1.10. The van der Waals surface area contributed by atoms with Gasteiger partial charge in [0.05, 0.1) is 0 Å². The van der Waals surface area contributed by atoms with E-state index in [1.54, 1.807) is 0 Å². The van der Waals surface area contributed by atoms with Crippen molar-refractivity contribution in [2.45, 2.75) is 27.7 Å². The lowest BCUT2D eigenvalue weighted by molar-refractivity contribution is 0.178. The molecule has 0 fully saturated rings. The zero-order valence-corrected chi connectivity index (χ0v) is 7.89. The third-order valence-electron chi connectivity index (χ3n) is 2.79. The Morgan fingerprint density at radius 3 is 2.27 bits per heavy atom. The summed E-state index contributed by atoms with van der Waals surface area (Å²) in [6.07, 6.45) is 6.20. The van der Waals surface area contributed by atoms with Gasteiger partial charge in [-0.25, -0.2) is 0 Å². The van der Waals surface area contributed by atoms with E-state index in [0.29, 0.717) is 5.41 Å². The Labute approximate surface area is 69.2 Å². The molecule has 0 aromatic heterocycles. The van der Waals surface area contributed by atoms with Crippen LogP contribution in [0.5, 0.6) is 0 Å². The fraction of sp³-hybridized carbons (Fsp3) is 0.700. The summed E-state index contributed by atoms with van der Waals surface area (Å²) in [6.45, 7) is 9.97. The van der Waals surface area contributed by atoms with Crippen molar-refractivity contribution in [2.75, 3.05) is 6.54 Å². The molecule has 0 aromatic rings. The quantitative estimate of drug-likeness (QED) is 0.504. The first-order chi connectivity index (χ1) is 4.96. The summed E-state index contributed by atoms with van der Waals surface area (Å²) < 4.78 is 0. The van der Waals surface area contributed by atoms with E-state index in [0.717, 1.165) is 6.54 Å². The molecule has 0 bridgehead atoms. The largest absolute Gasteiger partial charge is 0.292 e. The summed E-state index contributed by atoms with van der Waals surface area (Å²) in [5.41, 5.74) is 0.545. The molecule has 1 unspecified atom stereocenters. The minimum absolute atomic E-state index is 0.238. The number of allylic oxidation sites excluding steroid dienone is 1. The zero-order valence-electron chi connectivity index (χ0n) is 7.89. The van der Waals surface area contributed by atoms with Crippen LogP contribution in [-0.4, -0.2) is 12.8 Å². The molecule has 11 heavy (non-hydrogen) atoms. The molecular formula is C10H17N. The molecule has 1 nitrogen and oxygen atoms in total. The molecule has 0 saturated carbocycles. The van der Waals surface area contributed by atoms with Gasteiger partial charge in [-0.1, -0.05) is 33.8 Å². The van der Waals surface area contributed by atoms with Crippen LogP contribution in [0.1, 0.15) is 27.7 Å². The van der Waals surface area contributed by atoms with E-state index in [-0.39, 0.29) is 5.41 Å². The maximum absolute atomic E-state index is 4.28. The van der Waals surface area contributed by atoms with Gasteiger partial charge < -0.3 is 0 Å². The average molecular weight is 151 g/mol. The predicted molar refractivity (Wildman–Crippen MR) is 50.1 cm³/mol. The van der Waals surface area contributed by atoms with Crippen molar-refractivity contribution < 1.29 is 0 Å². The maximum atomic E-state index is 4.28. The molecule has 0 aromatic carbocycles. The van der Waals surface area contributed by atoms with Crippen molar-refractivity contribution in [1.29, 1.82) is 0 Å². The van der Waals surface area contributed by atoms with E-state index in [1.807, 2.05) is 6.21 Å². The fourth-order valence-electron chi connectivity index (χ4n) is 1.10. The Hall–Kier alpha value is -0.590. The van der Waals surface area contributed by atoms with E-state index in [2.05, 4.69) is 44.8 Å². The monoisotopic (exact) mass is 151 g/mol. The summed E-state index contributed by atoms with van der Waals surface area (Å²) in [6, 6.07) is 0. The molecule has 0 amide bonds. The molecule has 1 heteroatoms. The molecule has 62 valence electrons. The van der Waals surface area contributed by atoms with Crippen molar-refractivity contribution in [3.8, 4) is 0 Å². The molecule has 0 N–H and O–H groups in total. The number of dihydropyridines is 1. The molecule has 1 heterocycles. The van der Waals surface area contributed by atoms with Crippen LogP contribution in [0, 0.1) is 10.8 Å². The Balaban J connectivity index is 2.84. The Morgan fingerprint density at radius 1 is 1.36 bits per heavy atom. The van der Waals surface area contributed by atoms with Gasteiger partial charge in [0.25, 0.3) is 0 Å². The van der Waals surface area contributed by atoms with E-state index < -0.39 is 0 Å². The third kappa shape index (κ3) is 1.52. The van der Waals surface area contributed by atoms with E-state index in [1.165, 1.54) is 0 Å². The van der Waals surface area contributed by atoms with Gasteiger partial charge in [0, 0.05) is 18.2 Å². The van der Waals surface area contributed by atoms with Crippen LogP contribution in [0.2, 0.25) is 0 Å². The van der Waals surface area contributed by atoms with Crippen LogP contribution < -0.4 is 0 Å². The zero-order chi connectivity index (χ0) is 8.54. The molecule has 1 rings (SSSR count). The Kier molecular flexibility index (Phi) is 1.91. The van der Waals surface area contributed by atoms with Gasteiger partial charge in [-0.15, -0.1) is 0 Å². The topological polar surface area (TPSA) is 12.4 Å². The van der Waals surface area contributed by atoms with E-state index in [9.17, 15) is 0 Å². The lowest BCUT2D eigenvalue weighted by atomic mass is 9.67. The minimum Gasteiger partial charge on any atom is -0.292 e. The first-order valence-electron chi connectivity index (χ1n) is 4.13. The Bertz CT molecular complexity index is 195. The van der Waals surface area contributed by atoms with Gasteiger partial charge in [0.2, 0.25) is 0 Å². The van der Waals surface area contributed by atoms with Crippen molar-refractivity contribution >= 4 is 6.21 Å². The molecule has 1 aliphatic rings. The second kappa shape index (κ2) is 2.47. The average Bonchev–Trinajstić information content (AvgIpc) is 1.87. The van der Waals surface area contributed by atoms with Gasteiger partial charge in [0.15, 0.2) is 0 Å². The van der Waals surface area contributed by atoms with Crippen molar-refractivity contribution in [1.82, 2.24) is 0 Å². The SMILES string of the molecule is CC(C)(C)C1(C)C=CC=NC1. The van der Waals surface area contributed by atoms with Crippen molar-refractivity contribution in [3.05, 3.63) is 12.2 Å². The summed E-state index contributed by atoms with van der Waals surface area (Å²) in [7, 11) is 0. The summed E-state index contributed by atoms with van der Waals surface area (Å²) >= 11 is 0. The number of rotatable bonds is 0. The van der Waals surface area contributed by atoms with Gasteiger partial charge >= 0.3 is 0 Å². The first-order valence-corrected chi connectivity index (χ1v) is 4.13. The van der Waals surface area contributed by atoms with Crippen molar-refractivity contribution in [3.63, 3.8) is 0 Å². The van der Waals surface area contributed by atoms with Crippen LogP contribution in [0.3, 0.4) is 0 Å². The van der Waals surface area contributed by atoms with Crippen LogP contribution in [-0.2, 0) is 0 Å². The number of nitrogens with zero attached hydrogens (tertiary/aromatic N) is 1. The minimum atomic E-state index is 0.238. The highest BCUT2D eigenvalue weighted by Gasteiger charge is 2.35. The van der Waals surface area contributed by atoms with Gasteiger partial charge in [-0.05, 0) is 11.5 Å². The number of aliphatic imine (C=N–C) groups is 1. The number of hydrogen-bond acceptors (Lipinski definition) is 1. The molecule has 0 saturated heterocycles. The third-order valence-corrected chi connectivity index (χ3v) is 2.79. The van der Waals surface area contributed by atoms with Crippen LogP contribution >= 0.6 is 0 Å². The van der Waals surface area contributed by atoms with Gasteiger partial charge in [-0.2, -0.15) is 0 Å². The van der Waals surface area contributed by atoms with E-state index >= 15 is 0 Å². The first kappa shape index (κ1) is 8.51. The second-order valence-corrected chi connectivity index (χ2v) is 4.52. The molecule has 1 aliphatic heterocycles. The van der Waals surface area contributed by atoms with Crippen LogP contribution in [0.15, 0.2) is 17.1 Å². The normalized spacial score (nSPS) is 30.9. The molecule has 0 aliphatic carbocycles. The molecular weight excluding hydrogens is 134 g/mol. The highest BCUT2D eigenvalue weighted by atomic mass is 14.7. The van der Waals surface area contributed by atoms with Gasteiger partial charge in [-0.3, -0.25) is 4.99 Å². The highest BCUT2D eigenvalue weighted by Crippen LogP contribution is 2.40. The predicted octanol–water partition coefficient (Wildman–Crippen LogP) is 2.68. The highest BCUT2D eigenvalue weighted by molar-refractivity contribution is 5.72. The lowest BCUT2D eigenvalue weighted by Crippen LogP contribution is -2.34. The van der Waals surface area contributed by atoms with Crippen molar-refractivity contribution in [2.24, 2.45) is 15.8 Å². The molecule has 0 radical (unpaired) electrons. The summed E-state index contributed by atoms with van der Waals surface area (Å²) in [4.78, 5) is 4.28. The Morgan fingerprint density at radius 2 is 2.00 bits per heavy atom. The smallest absolute Gasteiger partial charge is 0.0482 e. The summed E-state index contributed by atoms with van der Waals surface area (Å²) in [5.74, 6) is 0. The molecule has 1 atom stereocenters. The van der Waals surface area contributed by atoms with Crippen LogP contribution in [0.4, 0.5) is 0 Å².